The summed E-state index contributed by atoms with van der Waals surface area (Å²) in [7, 11) is 0. The molecular formula is C20H19N3O5. The molecule has 1 amide bonds. The third kappa shape index (κ3) is 4.73. The number of hydrogen-bond acceptors (Lipinski definition) is 7. The van der Waals surface area contributed by atoms with Crippen molar-refractivity contribution in [3.63, 3.8) is 0 Å². The SMILES string of the molecule is CCOC(=O)Nc1cccc(C(=O)O[C@@H](C)c2nnc(-c3ccccc3)o2)c1. The average molecular weight is 381 g/mol. The number of nitrogens with zero attached hydrogens (tertiary/aromatic N) is 2. The topological polar surface area (TPSA) is 104 Å². The summed E-state index contributed by atoms with van der Waals surface area (Å²) in [5.41, 5.74) is 1.46. The van der Waals surface area contributed by atoms with Crippen LogP contribution in [0.15, 0.2) is 59.0 Å². The predicted octanol–water partition coefficient (Wildman–Crippen LogP) is 4.22. The molecule has 1 heterocycles. The first-order chi connectivity index (χ1) is 13.6. The van der Waals surface area contributed by atoms with E-state index in [9.17, 15) is 9.59 Å². The summed E-state index contributed by atoms with van der Waals surface area (Å²) < 4.78 is 15.8. The Balaban J connectivity index is 1.66. The monoisotopic (exact) mass is 381 g/mol. The zero-order chi connectivity index (χ0) is 19.9. The highest BCUT2D eigenvalue weighted by atomic mass is 16.6. The standard InChI is InChI=1S/C20H19N3O5/c1-3-26-20(25)21-16-11-7-10-15(12-16)19(24)27-13(2)17-22-23-18(28-17)14-8-5-4-6-9-14/h4-13H,3H2,1-2H3,(H,21,25)/t13-/m0/s1. The van der Waals surface area contributed by atoms with Crippen LogP contribution in [0.1, 0.15) is 36.2 Å². The number of esters is 1. The molecule has 144 valence electrons. The normalized spacial score (nSPS) is 11.5. The van der Waals surface area contributed by atoms with Crippen LogP contribution in [-0.2, 0) is 9.47 Å². The van der Waals surface area contributed by atoms with E-state index in [1.54, 1.807) is 32.0 Å². The van der Waals surface area contributed by atoms with Crippen LogP contribution >= 0.6 is 0 Å². The Morgan fingerprint density at radius 1 is 1.11 bits per heavy atom. The first kappa shape index (κ1) is 19.1. The summed E-state index contributed by atoms with van der Waals surface area (Å²) in [6.45, 7) is 3.59. The van der Waals surface area contributed by atoms with Gasteiger partial charge in [-0.25, -0.2) is 9.59 Å². The van der Waals surface area contributed by atoms with Gasteiger partial charge in [0.25, 0.3) is 5.89 Å². The van der Waals surface area contributed by atoms with Crippen LogP contribution in [0.3, 0.4) is 0 Å². The summed E-state index contributed by atoms with van der Waals surface area (Å²) in [6, 6.07) is 15.6. The molecule has 8 nitrogen and oxygen atoms in total. The number of benzene rings is 2. The second kappa shape index (κ2) is 8.81. The van der Waals surface area contributed by atoms with Crippen LogP contribution in [0.5, 0.6) is 0 Å². The molecule has 0 radical (unpaired) electrons. The Hall–Kier alpha value is -3.68. The number of anilines is 1. The number of rotatable bonds is 6. The zero-order valence-electron chi connectivity index (χ0n) is 15.4. The van der Waals surface area contributed by atoms with Crippen molar-refractivity contribution in [2.24, 2.45) is 0 Å². The van der Waals surface area contributed by atoms with Crippen molar-refractivity contribution in [1.29, 1.82) is 0 Å². The first-order valence-corrected chi connectivity index (χ1v) is 8.70. The van der Waals surface area contributed by atoms with Gasteiger partial charge in [0.2, 0.25) is 5.89 Å². The molecule has 0 aliphatic carbocycles. The van der Waals surface area contributed by atoms with Crippen LogP contribution in [-0.4, -0.2) is 28.9 Å². The smallest absolute Gasteiger partial charge is 0.411 e. The van der Waals surface area contributed by atoms with Gasteiger partial charge < -0.3 is 13.9 Å². The van der Waals surface area contributed by atoms with E-state index in [1.807, 2.05) is 30.3 Å². The molecule has 1 aromatic heterocycles. The van der Waals surface area contributed by atoms with Crippen LogP contribution in [0.25, 0.3) is 11.5 Å². The molecular weight excluding hydrogens is 362 g/mol. The number of amides is 1. The van der Waals surface area contributed by atoms with Gasteiger partial charge in [0.1, 0.15) is 0 Å². The Kier molecular flexibility index (Phi) is 6.01. The molecule has 0 unspecified atom stereocenters. The molecule has 1 N–H and O–H groups in total. The summed E-state index contributed by atoms with van der Waals surface area (Å²) in [5, 5.41) is 10.5. The molecule has 8 heteroatoms. The van der Waals surface area contributed by atoms with Crippen molar-refractivity contribution in [3.05, 3.63) is 66.1 Å². The van der Waals surface area contributed by atoms with Crippen molar-refractivity contribution in [2.45, 2.75) is 20.0 Å². The van der Waals surface area contributed by atoms with E-state index in [4.69, 9.17) is 13.9 Å². The molecule has 0 saturated heterocycles. The minimum atomic E-state index is -0.737. The molecule has 0 aliphatic heterocycles. The lowest BCUT2D eigenvalue weighted by Gasteiger charge is -2.10. The van der Waals surface area contributed by atoms with Gasteiger partial charge in [-0.15, -0.1) is 10.2 Å². The third-order valence-corrected chi connectivity index (χ3v) is 3.71. The molecule has 2 aromatic carbocycles. The minimum Gasteiger partial charge on any atom is -0.450 e. The molecule has 0 fully saturated rings. The maximum Gasteiger partial charge on any atom is 0.411 e. The minimum absolute atomic E-state index is 0.188. The quantitative estimate of drug-likeness (QED) is 0.637. The van der Waals surface area contributed by atoms with Gasteiger partial charge >= 0.3 is 12.1 Å². The van der Waals surface area contributed by atoms with Gasteiger partial charge in [0, 0.05) is 11.3 Å². The highest BCUT2D eigenvalue weighted by Crippen LogP contribution is 2.23. The van der Waals surface area contributed by atoms with Gasteiger partial charge in [-0.05, 0) is 44.2 Å². The lowest BCUT2D eigenvalue weighted by Crippen LogP contribution is -2.14. The van der Waals surface area contributed by atoms with Crippen LogP contribution < -0.4 is 5.32 Å². The van der Waals surface area contributed by atoms with E-state index < -0.39 is 18.2 Å². The number of aromatic nitrogens is 2. The number of ether oxygens (including phenoxy) is 2. The van der Waals surface area contributed by atoms with Crippen molar-refractivity contribution >= 4 is 17.7 Å². The van der Waals surface area contributed by atoms with Crippen molar-refractivity contribution in [1.82, 2.24) is 10.2 Å². The fraction of sp³-hybridized carbons (Fsp3) is 0.200. The van der Waals surface area contributed by atoms with E-state index in [2.05, 4.69) is 15.5 Å². The van der Waals surface area contributed by atoms with Gasteiger partial charge in [-0.2, -0.15) is 0 Å². The highest BCUT2D eigenvalue weighted by Gasteiger charge is 2.20. The molecule has 3 aromatic rings. The second-order valence-corrected chi connectivity index (χ2v) is 5.79. The van der Waals surface area contributed by atoms with E-state index in [1.165, 1.54) is 6.07 Å². The molecule has 1 atom stereocenters. The Morgan fingerprint density at radius 2 is 1.89 bits per heavy atom. The predicted molar refractivity (Wildman–Crippen MR) is 101 cm³/mol. The molecule has 0 aliphatic rings. The fourth-order valence-corrected chi connectivity index (χ4v) is 2.38. The average Bonchev–Trinajstić information content (AvgIpc) is 3.19. The molecule has 3 rings (SSSR count). The molecule has 0 spiro atoms. The fourth-order valence-electron chi connectivity index (χ4n) is 2.38. The summed E-state index contributed by atoms with van der Waals surface area (Å²) in [5.74, 6) is -0.0494. The van der Waals surface area contributed by atoms with Gasteiger partial charge in [-0.3, -0.25) is 5.32 Å². The van der Waals surface area contributed by atoms with Crippen LogP contribution in [0.4, 0.5) is 10.5 Å². The first-order valence-electron chi connectivity index (χ1n) is 8.70. The second-order valence-electron chi connectivity index (χ2n) is 5.79. The molecule has 28 heavy (non-hydrogen) atoms. The lowest BCUT2D eigenvalue weighted by atomic mass is 10.2. The van der Waals surface area contributed by atoms with E-state index in [-0.39, 0.29) is 18.1 Å². The number of carbonyl (C=O) groups is 2. The maximum absolute atomic E-state index is 12.4. The van der Waals surface area contributed by atoms with Crippen molar-refractivity contribution < 1.29 is 23.5 Å². The largest absolute Gasteiger partial charge is 0.450 e. The van der Waals surface area contributed by atoms with Gasteiger partial charge in [-0.1, -0.05) is 24.3 Å². The van der Waals surface area contributed by atoms with Crippen LogP contribution in [0.2, 0.25) is 0 Å². The van der Waals surface area contributed by atoms with E-state index >= 15 is 0 Å². The Bertz CT molecular complexity index is 955. The number of nitrogens with one attached hydrogen (secondary N) is 1. The van der Waals surface area contributed by atoms with E-state index in [0.29, 0.717) is 11.6 Å². The van der Waals surface area contributed by atoms with Crippen molar-refractivity contribution in [2.75, 3.05) is 11.9 Å². The maximum atomic E-state index is 12.4. The number of hydrogen-bond donors (Lipinski definition) is 1. The molecule has 0 saturated carbocycles. The van der Waals surface area contributed by atoms with Gasteiger partial charge in [0.15, 0.2) is 6.10 Å². The third-order valence-electron chi connectivity index (χ3n) is 3.71. The summed E-state index contributed by atoms with van der Waals surface area (Å²) in [4.78, 5) is 23.9. The summed E-state index contributed by atoms with van der Waals surface area (Å²) >= 11 is 0. The summed E-state index contributed by atoms with van der Waals surface area (Å²) in [6.07, 6.45) is -1.33. The lowest BCUT2D eigenvalue weighted by molar-refractivity contribution is 0.0280. The Labute approximate surface area is 161 Å². The van der Waals surface area contributed by atoms with Crippen LogP contribution in [0, 0.1) is 0 Å². The van der Waals surface area contributed by atoms with Gasteiger partial charge in [0.05, 0.1) is 12.2 Å². The zero-order valence-corrected chi connectivity index (χ0v) is 15.4. The number of carbonyl (C=O) groups excluding carboxylic acids is 2. The highest BCUT2D eigenvalue weighted by molar-refractivity contribution is 5.92. The van der Waals surface area contributed by atoms with Crippen molar-refractivity contribution in [3.8, 4) is 11.5 Å². The Morgan fingerprint density at radius 3 is 2.64 bits per heavy atom. The van der Waals surface area contributed by atoms with E-state index in [0.717, 1.165) is 5.56 Å². The molecule has 0 bridgehead atoms.